The molecule has 0 bridgehead atoms. The van der Waals surface area contributed by atoms with Gasteiger partial charge in [0, 0.05) is 23.7 Å². The first-order valence-corrected chi connectivity index (χ1v) is 8.46. The van der Waals surface area contributed by atoms with E-state index in [1.807, 2.05) is 0 Å². The van der Waals surface area contributed by atoms with E-state index in [2.05, 4.69) is 50.9 Å². The van der Waals surface area contributed by atoms with Crippen molar-refractivity contribution in [3.63, 3.8) is 0 Å². The molecule has 1 fully saturated rings. The van der Waals surface area contributed by atoms with Gasteiger partial charge in [-0.2, -0.15) is 0 Å². The monoisotopic (exact) mass is 292 g/mol. The zero-order chi connectivity index (χ0) is 15.5. The summed E-state index contributed by atoms with van der Waals surface area (Å²) in [5.74, 6) is 2.14. The molecule has 0 amide bonds. The highest BCUT2D eigenvalue weighted by molar-refractivity contribution is 5.21. The van der Waals surface area contributed by atoms with Crippen molar-refractivity contribution in [1.29, 1.82) is 0 Å². The average Bonchev–Trinajstić information content (AvgIpc) is 3.17. The molecule has 1 aromatic rings. The zero-order valence-electron chi connectivity index (χ0n) is 14.5. The number of nitrogens with one attached hydrogen (secondary N) is 1. The number of hydrogen-bond acceptors (Lipinski definition) is 3. The van der Waals surface area contributed by atoms with Crippen LogP contribution in [-0.2, 0) is 13.1 Å². The van der Waals surface area contributed by atoms with Crippen LogP contribution in [0.25, 0.3) is 0 Å². The summed E-state index contributed by atoms with van der Waals surface area (Å²) >= 11 is 0. The van der Waals surface area contributed by atoms with Crippen LogP contribution in [0, 0.1) is 6.92 Å². The Hall–Kier alpha value is -0.800. The lowest BCUT2D eigenvalue weighted by molar-refractivity contribution is 0.249. The first-order valence-electron chi connectivity index (χ1n) is 8.46. The van der Waals surface area contributed by atoms with Crippen molar-refractivity contribution in [2.45, 2.75) is 85.0 Å². The van der Waals surface area contributed by atoms with Gasteiger partial charge in [0.2, 0.25) is 0 Å². The van der Waals surface area contributed by atoms with Gasteiger partial charge in [-0.25, -0.2) is 0 Å². The first kappa shape index (κ1) is 16.6. The summed E-state index contributed by atoms with van der Waals surface area (Å²) in [6.07, 6.45) is 5.32. The fraction of sp³-hybridized carbons (Fsp3) is 0.778. The van der Waals surface area contributed by atoms with E-state index in [0.29, 0.717) is 0 Å². The van der Waals surface area contributed by atoms with Crippen molar-refractivity contribution in [1.82, 2.24) is 10.2 Å². The van der Waals surface area contributed by atoms with Crippen molar-refractivity contribution >= 4 is 0 Å². The molecule has 1 aromatic heterocycles. The summed E-state index contributed by atoms with van der Waals surface area (Å²) in [5, 5.41) is 3.49. The summed E-state index contributed by atoms with van der Waals surface area (Å²) in [6, 6.07) is 3.07. The molecule has 2 rings (SSSR count). The van der Waals surface area contributed by atoms with Crippen LogP contribution in [0.1, 0.15) is 70.5 Å². The Balaban J connectivity index is 1.94. The Labute approximate surface area is 130 Å². The molecule has 1 aliphatic rings. The smallest absolute Gasteiger partial charge is 0.118 e. The van der Waals surface area contributed by atoms with Gasteiger partial charge in [-0.3, -0.25) is 4.90 Å². The molecule has 0 radical (unpaired) electrons. The second-order valence-electron chi connectivity index (χ2n) is 7.45. The average molecular weight is 292 g/mol. The van der Waals surface area contributed by atoms with Crippen LogP contribution < -0.4 is 5.32 Å². The predicted molar refractivity (Wildman–Crippen MR) is 88.4 cm³/mol. The summed E-state index contributed by atoms with van der Waals surface area (Å²) in [4.78, 5) is 2.64. The number of furan rings is 1. The van der Waals surface area contributed by atoms with Crippen molar-refractivity contribution < 1.29 is 4.42 Å². The molecule has 0 saturated heterocycles. The third-order valence-corrected chi connectivity index (χ3v) is 4.10. The van der Waals surface area contributed by atoms with Gasteiger partial charge < -0.3 is 9.73 Å². The lowest BCUT2D eigenvalue weighted by atomic mass is 10.1. The molecule has 21 heavy (non-hydrogen) atoms. The highest BCUT2D eigenvalue weighted by Crippen LogP contribution is 2.29. The topological polar surface area (TPSA) is 28.4 Å². The Morgan fingerprint density at radius 2 is 2.05 bits per heavy atom. The molecule has 1 N–H and O–H groups in total. The van der Waals surface area contributed by atoms with E-state index in [-0.39, 0.29) is 5.54 Å². The van der Waals surface area contributed by atoms with Gasteiger partial charge in [-0.15, -0.1) is 0 Å². The second kappa shape index (κ2) is 6.97. The van der Waals surface area contributed by atoms with Crippen LogP contribution in [0.2, 0.25) is 0 Å². The molecule has 3 nitrogen and oxygen atoms in total. The SMILES string of the molecule is CCCCN(Cc1cc(CNC(C)(C)C)oc1C)C1CC1. The number of aryl methyl sites for hydroxylation is 1. The molecular weight excluding hydrogens is 260 g/mol. The van der Waals surface area contributed by atoms with Crippen LogP contribution >= 0.6 is 0 Å². The van der Waals surface area contributed by atoms with Crippen LogP contribution in [0.4, 0.5) is 0 Å². The molecule has 0 aliphatic heterocycles. The highest BCUT2D eigenvalue weighted by atomic mass is 16.3. The molecule has 3 heteroatoms. The van der Waals surface area contributed by atoms with Crippen LogP contribution in [-0.4, -0.2) is 23.0 Å². The third kappa shape index (κ3) is 5.48. The van der Waals surface area contributed by atoms with E-state index < -0.39 is 0 Å². The van der Waals surface area contributed by atoms with Crippen molar-refractivity contribution in [3.8, 4) is 0 Å². The van der Waals surface area contributed by atoms with Crippen molar-refractivity contribution in [2.75, 3.05) is 6.54 Å². The normalized spacial score (nSPS) is 15.9. The van der Waals surface area contributed by atoms with Gasteiger partial charge in [-0.05, 0) is 59.6 Å². The van der Waals surface area contributed by atoms with Gasteiger partial charge in [0.05, 0.1) is 6.54 Å². The Kier molecular flexibility index (Phi) is 5.50. The lowest BCUT2D eigenvalue weighted by Gasteiger charge is -2.21. The fourth-order valence-corrected chi connectivity index (χ4v) is 2.59. The van der Waals surface area contributed by atoms with Gasteiger partial charge in [0.15, 0.2) is 0 Å². The summed E-state index contributed by atoms with van der Waals surface area (Å²) in [7, 11) is 0. The molecular formula is C18H32N2O. The second-order valence-corrected chi connectivity index (χ2v) is 7.45. The van der Waals surface area contributed by atoms with E-state index in [0.717, 1.165) is 30.7 Å². The van der Waals surface area contributed by atoms with Crippen molar-refractivity contribution in [2.24, 2.45) is 0 Å². The molecule has 0 unspecified atom stereocenters. The van der Waals surface area contributed by atoms with E-state index in [1.54, 1.807) is 0 Å². The molecule has 1 saturated carbocycles. The minimum atomic E-state index is 0.127. The molecule has 0 aromatic carbocycles. The maximum atomic E-state index is 5.93. The van der Waals surface area contributed by atoms with E-state index in [4.69, 9.17) is 4.42 Å². The molecule has 1 aliphatic carbocycles. The maximum Gasteiger partial charge on any atom is 0.118 e. The Morgan fingerprint density at radius 3 is 2.62 bits per heavy atom. The van der Waals surface area contributed by atoms with Crippen molar-refractivity contribution in [3.05, 3.63) is 23.2 Å². The standard InChI is InChI=1S/C18H32N2O/c1-6-7-10-20(16-8-9-16)13-15-11-17(21-14(15)2)12-19-18(3,4)5/h11,16,19H,6-10,12-13H2,1-5H3. The maximum absolute atomic E-state index is 5.93. The van der Waals surface area contributed by atoms with Gasteiger partial charge in [0.1, 0.15) is 11.5 Å². The number of nitrogens with zero attached hydrogens (tertiary/aromatic N) is 1. The quantitative estimate of drug-likeness (QED) is 0.777. The summed E-state index contributed by atoms with van der Waals surface area (Å²) < 4.78 is 5.93. The van der Waals surface area contributed by atoms with Gasteiger partial charge in [0.25, 0.3) is 0 Å². The van der Waals surface area contributed by atoms with Gasteiger partial charge in [-0.1, -0.05) is 13.3 Å². The largest absolute Gasteiger partial charge is 0.465 e. The predicted octanol–water partition coefficient (Wildman–Crippen LogP) is 4.24. The van der Waals surface area contributed by atoms with E-state index in [1.165, 1.54) is 37.8 Å². The zero-order valence-corrected chi connectivity index (χ0v) is 14.5. The van der Waals surface area contributed by atoms with Crippen LogP contribution in [0.3, 0.4) is 0 Å². The molecule has 0 spiro atoms. The van der Waals surface area contributed by atoms with E-state index in [9.17, 15) is 0 Å². The highest BCUT2D eigenvalue weighted by Gasteiger charge is 2.29. The van der Waals surface area contributed by atoms with Crippen LogP contribution in [0.5, 0.6) is 0 Å². The molecule has 120 valence electrons. The van der Waals surface area contributed by atoms with Crippen LogP contribution in [0.15, 0.2) is 10.5 Å². The first-order chi connectivity index (χ1) is 9.89. The molecule has 1 heterocycles. The molecule has 0 atom stereocenters. The lowest BCUT2D eigenvalue weighted by Crippen LogP contribution is -2.34. The minimum absolute atomic E-state index is 0.127. The fourth-order valence-electron chi connectivity index (χ4n) is 2.59. The summed E-state index contributed by atoms with van der Waals surface area (Å²) in [6.45, 7) is 14.0. The minimum Gasteiger partial charge on any atom is -0.465 e. The number of hydrogen-bond donors (Lipinski definition) is 1. The third-order valence-electron chi connectivity index (χ3n) is 4.10. The van der Waals surface area contributed by atoms with Gasteiger partial charge >= 0.3 is 0 Å². The Bertz CT molecular complexity index is 441. The summed E-state index contributed by atoms with van der Waals surface area (Å²) in [5.41, 5.74) is 1.49. The van der Waals surface area contributed by atoms with E-state index >= 15 is 0 Å². The number of rotatable bonds is 8. The Morgan fingerprint density at radius 1 is 1.33 bits per heavy atom. The number of unbranched alkanes of at least 4 members (excludes halogenated alkanes) is 1.